The first-order valence-electron chi connectivity index (χ1n) is 13.1. The summed E-state index contributed by atoms with van der Waals surface area (Å²) in [6, 6.07) is 0.309. The van der Waals surface area contributed by atoms with Crippen molar-refractivity contribution in [2.75, 3.05) is 33.1 Å². The number of aliphatic hydroxyl groups is 1. The number of carbonyl (C=O) groups excluding carboxylic acids is 6. The van der Waals surface area contributed by atoms with E-state index in [0.717, 1.165) is 0 Å². The molecule has 2 fully saturated rings. The van der Waals surface area contributed by atoms with Gasteiger partial charge in [0.2, 0.25) is 5.91 Å². The summed E-state index contributed by atoms with van der Waals surface area (Å²) in [7, 11) is 6.48. The highest BCUT2D eigenvalue weighted by atomic mass is 16.3. The molecule has 12 nitrogen and oxygen atoms in total. The van der Waals surface area contributed by atoms with E-state index in [0.29, 0.717) is 11.3 Å². The molecule has 0 heterocycles. The number of carbonyl (C=O) groups is 6. The van der Waals surface area contributed by atoms with Crippen LogP contribution in [0.4, 0.5) is 5.69 Å². The molecule has 1 aromatic carbocycles. The minimum atomic E-state index is -2.81. The summed E-state index contributed by atoms with van der Waals surface area (Å²) in [5.41, 5.74) is 2.41. The van der Waals surface area contributed by atoms with E-state index in [2.05, 4.69) is 5.32 Å². The number of phenolic OH excluding ortho intramolecular Hbond substituents is 1. The van der Waals surface area contributed by atoms with Crippen LogP contribution in [0.1, 0.15) is 53.5 Å². The van der Waals surface area contributed by atoms with Gasteiger partial charge in [-0.2, -0.15) is 0 Å². The standard InChI is InChI=1S/C28H36N4O8/c1-27(2,3)30-26(39)13-10-15(31(4)5)12-8-11-9-14-19(32(6)7)22(35)18(25(29)38)24(37)28(14,40)23(36)16(11)21(34)17(12)20(13)33/h10-11,14,16,18-19,33,40H,8-9H2,1-7H3,(H2,29,38)(H,30,39)/t11-,14-,16?,18?,19-,28-/m0/s1. The van der Waals surface area contributed by atoms with E-state index in [-0.39, 0.29) is 24.0 Å². The van der Waals surface area contributed by atoms with Gasteiger partial charge in [-0.25, -0.2) is 0 Å². The highest BCUT2D eigenvalue weighted by Gasteiger charge is 2.69. The Morgan fingerprint density at radius 1 is 1.07 bits per heavy atom. The first-order valence-corrected chi connectivity index (χ1v) is 13.1. The van der Waals surface area contributed by atoms with E-state index in [9.17, 15) is 39.0 Å². The molecule has 0 saturated heterocycles. The van der Waals surface area contributed by atoms with Crippen molar-refractivity contribution in [3.8, 4) is 5.75 Å². The van der Waals surface area contributed by atoms with Crippen LogP contribution in [0.2, 0.25) is 0 Å². The predicted octanol–water partition coefficient (Wildman–Crippen LogP) is -0.539. The van der Waals surface area contributed by atoms with E-state index in [1.165, 1.54) is 25.1 Å². The maximum Gasteiger partial charge on any atom is 0.255 e. The van der Waals surface area contributed by atoms with Crippen LogP contribution >= 0.6 is 0 Å². The molecule has 0 spiro atoms. The van der Waals surface area contributed by atoms with Crippen molar-refractivity contribution in [1.29, 1.82) is 0 Å². The lowest BCUT2D eigenvalue weighted by molar-refractivity contribution is -0.181. The number of nitrogens with two attached hydrogens (primary N) is 1. The molecule has 2 unspecified atom stereocenters. The Morgan fingerprint density at radius 3 is 2.17 bits per heavy atom. The average molecular weight is 557 g/mol. The summed E-state index contributed by atoms with van der Waals surface area (Å²) >= 11 is 0. The average Bonchev–Trinajstić information content (AvgIpc) is 2.79. The van der Waals surface area contributed by atoms with Crippen LogP contribution in [0, 0.1) is 23.7 Å². The molecule has 1 aromatic rings. The number of nitrogens with zero attached hydrogens (tertiary/aromatic N) is 2. The van der Waals surface area contributed by atoms with Crippen molar-refractivity contribution in [2.24, 2.45) is 29.4 Å². The highest BCUT2D eigenvalue weighted by molar-refractivity contribution is 6.32. The van der Waals surface area contributed by atoms with Crippen LogP contribution in [0.3, 0.4) is 0 Å². The number of likely N-dealkylation sites (N-methyl/N-ethyl adjacent to an activating group) is 1. The number of aromatic hydroxyl groups is 1. The van der Waals surface area contributed by atoms with Crippen molar-refractivity contribution >= 4 is 40.6 Å². The van der Waals surface area contributed by atoms with Gasteiger partial charge < -0.3 is 26.2 Å². The first kappa shape index (κ1) is 29.3. The molecule has 0 bridgehead atoms. The van der Waals surface area contributed by atoms with Gasteiger partial charge in [-0.1, -0.05) is 0 Å². The van der Waals surface area contributed by atoms with Crippen LogP contribution in [-0.2, 0) is 25.6 Å². The fourth-order valence-corrected chi connectivity index (χ4v) is 6.63. The number of phenols is 1. The largest absolute Gasteiger partial charge is 0.506 e. The molecular weight excluding hydrogens is 520 g/mol. The minimum Gasteiger partial charge on any atom is -0.506 e. The van der Waals surface area contributed by atoms with Gasteiger partial charge in [0.05, 0.1) is 23.1 Å². The van der Waals surface area contributed by atoms with E-state index < -0.39 is 81.6 Å². The molecule has 5 N–H and O–H groups in total. The number of fused-ring (bicyclic) bond motifs is 3. The number of rotatable bonds is 4. The molecule has 0 aliphatic heterocycles. The molecule has 0 radical (unpaired) electrons. The Morgan fingerprint density at radius 2 is 1.68 bits per heavy atom. The summed E-state index contributed by atoms with van der Waals surface area (Å²) in [5, 5.41) is 25.7. The number of ketones is 4. The molecular formula is C28H36N4O8. The molecule has 40 heavy (non-hydrogen) atoms. The smallest absolute Gasteiger partial charge is 0.255 e. The van der Waals surface area contributed by atoms with E-state index in [4.69, 9.17) is 5.73 Å². The second-order valence-corrected chi connectivity index (χ2v) is 12.5. The van der Waals surface area contributed by atoms with E-state index in [1.807, 2.05) is 0 Å². The molecule has 12 heteroatoms. The summed E-state index contributed by atoms with van der Waals surface area (Å²) in [5.74, 6) is -12.1. The number of benzene rings is 1. The Balaban J connectivity index is 1.90. The van der Waals surface area contributed by atoms with Gasteiger partial charge in [-0.05, 0) is 65.3 Å². The molecule has 4 rings (SSSR count). The number of amides is 2. The Labute approximate surface area is 231 Å². The zero-order chi connectivity index (χ0) is 30.2. The second-order valence-electron chi connectivity index (χ2n) is 12.5. The fraction of sp³-hybridized carbons (Fsp3) is 0.571. The summed E-state index contributed by atoms with van der Waals surface area (Å²) in [6.45, 7) is 5.27. The number of primary amides is 1. The third-order valence-corrected chi connectivity index (χ3v) is 8.25. The van der Waals surface area contributed by atoms with Gasteiger partial charge >= 0.3 is 0 Å². The van der Waals surface area contributed by atoms with Crippen molar-refractivity contribution in [3.05, 3.63) is 22.8 Å². The SMILES string of the molecule is CN(C)c1cc(C(=O)NC(C)(C)C)c(O)c2c1C[C@H]1C[C@H]3[C@H](N(C)C)C(=O)C(C(N)=O)C(=O)[C@@]3(O)C(=O)C1C2=O. The summed E-state index contributed by atoms with van der Waals surface area (Å²) in [6.07, 6.45) is 0.0534. The van der Waals surface area contributed by atoms with Gasteiger partial charge in [0.15, 0.2) is 34.7 Å². The van der Waals surface area contributed by atoms with Gasteiger partial charge in [0.1, 0.15) is 5.75 Å². The van der Waals surface area contributed by atoms with Crippen molar-refractivity contribution in [2.45, 2.75) is 50.8 Å². The van der Waals surface area contributed by atoms with Crippen LogP contribution < -0.4 is 16.0 Å². The highest BCUT2D eigenvalue weighted by Crippen LogP contribution is 2.52. The second kappa shape index (κ2) is 9.48. The number of hydrogen-bond donors (Lipinski definition) is 4. The molecule has 216 valence electrons. The van der Waals surface area contributed by atoms with Crippen molar-refractivity contribution in [3.63, 3.8) is 0 Å². The van der Waals surface area contributed by atoms with Crippen LogP contribution in [-0.4, -0.2) is 95.4 Å². The van der Waals surface area contributed by atoms with Crippen LogP contribution in [0.5, 0.6) is 5.75 Å². The van der Waals surface area contributed by atoms with Gasteiger partial charge in [-0.3, -0.25) is 33.7 Å². The van der Waals surface area contributed by atoms with Crippen LogP contribution in [0.15, 0.2) is 6.07 Å². The maximum atomic E-state index is 14.0. The predicted molar refractivity (Wildman–Crippen MR) is 143 cm³/mol. The lowest BCUT2D eigenvalue weighted by Gasteiger charge is -2.52. The summed E-state index contributed by atoms with van der Waals surface area (Å²) < 4.78 is 0. The lowest BCUT2D eigenvalue weighted by atomic mass is 9.52. The van der Waals surface area contributed by atoms with Gasteiger partial charge in [-0.15, -0.1) is 0 Å². The molecule has 2 amide bonds. The Hall–Kier alpha value is -3.64. The maximum absolute atomic E-state index is 14.0. The molecule has 2 saturated carbocycles. The number of hydrogen-bond acceptors (Lipinski definition) is 10. The summed E-state index contributed by atoms with van der Waals surface area (Å²) in [4.78, 5) is 82.9. The molecule has 3 aliphatic rings. The third-order valence-electron chi connectivity index (χ3n) is 8.25. The van der Waals surface area contributed by atoms with Crippen molar-refractivity contribution in [1.82, 2.24) is 10.2 Å². The normalized spacial score (nSPS) is 30.0. The van der Waals surface area contributed by atoms with Crippen LogP contribution in [0.25, 0.3) is 0 Å². The fourth-order valence-electron chi connectivity index (χ4n) is 6.63. The van der Waals surface area contributed by atoms with Crippen molar-refractivity contribution < 1.29 is 39.0 Å². The number of Topliss-reactive ketones (excluding diaryl/α,β-unsaturated/α-hetero) is 4. The van der Waals surface area contributed by atoms with E-state index >= 15 is 0 Å². The minimum absolute atomic E-state index is 0.0518. The Bertz CT molecular complexity index is 1360. The third kappa shape index (κ3) is 4.21. The first-order chi connectivity index (χ1) is 18.3. The molecule has 6 atom stereocenters. The zero-order valence-electron chi connectivity index (χ0n) is 23.7. The monoisotopic (exact) mass is 556 g/mol. The zero-order valence-corrected chi connectivity index (χ0v) is 23.7. The quantitative estimate of drug-likeness (QED) is 0.351. The Kier molecular flexibility index (Phi) is 6.95. The number of anilines is 1. The lowest BCUT2D eigenvalue weighted by Crippen LogP contribution is -2.74. The molecule has 3 aliphatic carbocycles. The molecule has 0 aromatic heterocycles. The van der Waals surface area contributed by atoms with Gasteiger partial charge in [0, 0.05) is 31.2 Å². The van der Waals surface area contributed by atoms with E-state index in [1.54, 1.807) is 39.8 Å². The number of nitrogens with one attached hydrogen (secondary N) is 1. The topological polar surface area (TPSA) is 187 Å². The van der Waals surface area contributed by atoms with Gasteiger partial charge in [0.25, 0.3) is 5.91 Å².